The van der Waals surface area contributed by atoms with E-state index in [1.165, 1.54) is 6.42 Å². The zero-order valence-electron chi connectivity index (χ0n) is 7.77. The molecule has 0 amide bonds. The average molecular weight is 216 g/mol. The van der Waals surface area contributed by atoms with Gasteiger partial charge in [-0.15, -0.1) is 12.4 Å². The first-order valence-corrected chi connectivity index (χ1v) is 4.43. The summed E-state index contributed by atoms with van der Waals surface area (Å²) in [5.74, 6) is 1.14. The molecule has 1 aromatic rings. The fourth-order valence-corrected chi connectivity index (χ4v) is 1.21. The number of anilines is 1. The zero-order chi connectivity index (χ0) is 9.10. The van der Waals surface area contributed by atoms with Crippen LogP contribution in [0.25, 0.3) is 0 Å². The van der Waals surface area contributed by atoms with Gasteiger partial charge in [0.15, 0.2) is 11.6 Å². The molecule has 1 aromatic heterocycles. The van der Waals surface area contributed by atoms with Crippen LogP contribution in [0.4, 0.5) is 5.82 Å². The largest absolute Gasteiger partial charge is 0.488 e. The SMILES string of the molecule is Cl.Nc1ncccc1OC[C@@H]1CCN1. The van der Waals surface area contributed by atoms with E-state index in [1.54, 1.807) is 6.20 Å². The minimum absolute atomic E-state index is 0. The van der Waals surface area contributed by atoms with Gasteiger partial charge in [-0.3, -0.25) is 0 Å². The second-order valence-electron chi connectivity index (χ2n) is 3.14. The molecule has 78 valence electrons. The van der Waals surface area contributed by atoms with Crippen LogP contribution in [0.2, 0.25) is 0 Å². The quantitative estimate of drug-likeness (QED) is 0.784. The highest BCUT2D eigenvalue weighted by Crippen LogP contribution is 2.17. The molecule has 14 heavy (non-hydrogen) atoms. The molecule has 1 atom stereocenters. The summed E-state index contributed by atoms with van der Waals surface area (Å²) in [5, 5.41) is 3.25. The molecule has 1 saturated heterocycles. The first-order valence-electron chi connectivity index (χ1n) is 4.43. The van der Waals surface area contributed by atoms with Crippen molar-refractivity contribution in [2.45, 2.75) is 12.5 Å². The van der Waals surface area contributed by atoms with Crippen molar-refractivity contribution in [2.24, 2.45) is 0 Å². The summed E-state index contributed by atoms with van der Waals surface area (Å²) < 4.78 is 5.49. The summed E-state index contributed by atoms with van der Waals surface area (Å²) in [7, 11) is 0. The third-order valence-corrected chi connectivity index (χ3v) is 2.17. The molecule has 1 aliphatic rings. The molecule has 0 saturated carbocycles. The van der Waals surface area contributed by atoms with Crippen LogP contribution in [0, 0.1) is 0 Å². The second-order valence-corrected chi connectivity index (χ2v) is 3.14. The Morgan fingerprint density at radius 2 is 2.43 bits per heavy atom. The van der Waals surface area contributed by atoms with E-state index in [1.807, 2.05) is 12.1 Å². The predicted molar refractivity (Wildman–Crippen MR) is 57.8 cm³/mol. The van der Waals surface area contributed by atoms with Crippen molar-refractivity contribution < 1.29 is 4.74 Å². The molecular formula is C9H14ClN3O. The number of nitrogens with two attached hydrogens (primary N) is 1. The van der Waals surface area contributed by atoms with Crippen LogP contribution in [0.3, 0.4) is 0 Å². The molecule has 1 aliphatic heterocycles. The van der Waals surface area contributed by atoms with E-state index >= 15 is 0 Å². The van der Waals surface area contributed by atoms with Gasteiger partial charge in [0.2, 0.25) is 0 Å². The van der Waals surface area contributed by atoms with Gasteiger partial charge >= 0.3 is 0 Å². The molecule has 0 aliphatic carbocycles. The van der Waals surface area contributed by atoms with Crippen LogP contribution >= 0.6 is 12.4 Å². The topological polar surface area (TPSA) is 60.2 Å². The summed E-state index contributed by atoms with van der Waals surface area (Å²) in [6, 6.07) is 4.14. The number of rotatable bonds is 3. The maximum Gasteiger partial charge on any atom is 0.166 e. The van der Waals surface area contributed by atoms with Crippen molar-refractivity contribution >= 4 is 18.2 Å². The van der Waals surface area contributed by atoms with Gasteiger partial charge in [-0.05, 0) is 25.1 Å². The van der Waals surface area contributed by atoms with Gasteiger partial charge in [0.05, 0.1) is 0 Å². The maximum atomic E-state index is 5.61. The van der Waals surface area contributed by atoms with Crippen LogP contribution in [0.1, 0.15) is 6.42 Å². The number of nitrogen functional groups attached to an aromatic ring is 1. The van der Waals surface area contributed by atoms with E-state index in [0.29, 0.717) is 24.2 Å². The highest BCUT2D eigenvalue weighted by Gasteiger charge is 2.16. The summed E-state index contributed by atoms with van der Waals surface area (Å²) in [6.45, 7) is 1.77. The Morgan fingerprint density at radius 3 is 3.00 bits per heavy atom. The molecule has 4 nitrogen and oxygen atoms in total. The molecule has 5 heteroatoms. The number of hydrogen-bond donors (Lipinski definition) is 2. The standard InChI is InChI=1S/C9H13N3O.ClH/c10-9-8(2-1-4-12-9)13-6-7-3-5-11-7;/h1-2,4,7,11H,3,5-6H2,(H2,10,12);1H/t7-;/m0./s1. The van der Waals surface area contributed by atoms with Gasteiger partial charge in [-0.25, -0.2) is 4.98 Å². The normalized spacial score (nSPS) is 19.3. The Labute approximate surface area is 89.3 Å². The van der Waals surface area contributed by atoms with Crippen LogP contribution in [0.5, 0.6) is 5.75 Å². The van der Waals surface area contributed by atoms with E-state index < -0.39 is 0 Å². The molecule has 0 spiro atoms. The molecule has 2 heterocycles. The Hall–Kier alpha value is -1.00. The molecule has 0 aromatic carbocycles. The fourth-order valence-electron chi connectivity index (χ4n) is 1.21. The number of aromatic nitrogens is 1. The monoisotopic (exact) mass is 215 g/mol. The van der Waals surface area contributed by atoms with Crippen molar-refractivity contribution in [3.05, 3.63) is 18.3 Å². The third kappa shape index (κ3) is 2.49. The van der Waals surface area contributed by atoms with Crippen molar-refractivity contribution in [2.75, 3.05) is 18.9 Å². The van der Waals surface area contributed by atoms with E-state index in [4.69, 9.17) is 10.5 Å². The lowest BCUT2D eigenvalue weighted by Crippen LogP contribution is -2.46. The van der Waals surface area contributed by atoms with Crippen molar-refractivity contribution in [1.29, 1.82) is 0 Å². The second kappa shape index (κ2) is 5.02. The lowest BCUT2D eigenvalue weighted by Gasteiger charge is -2.27. The summed E-state index contributed by atoms with van der Waals surface area (Å²) in [5.41, 5.74) is 5.61. The van der Waals surface area contributed by atoms with Crippen LogP contribution in [0.15, 0.2) is 18.3 Å². The van der Waals surface area contributed by atoms with E-state index in [2.05, 4.69) is 10.3 Å². The molecule has 0 radical (unpaired) electrons. The zero-order valence-corrected chi connectivity index (χ0v) is 8.59. The van der Waals surface area contributed by atoms with Crippen LogP contribution < -0.4 is 15.8 Å². The van der Waals surface area contributed by atoms with Gasteiger partial charge in [0.1, 0.15) is 6.61 Å². The number of halogens is 1. The van der Waals surface area contributed by atoms with Gasteiger partial charge in [0.25, 0.3) is 0 Å². The molecular weight excluding hydrogens is 202 g/mol. The molecule has 0 unspecified atom stereocenters. The lowest BCUT2D eigenvalue weighted by molar-refractivity contribution is 0.218. The highest BCUT2D eigenvalue weighted by molar-refractivity contribution is 5.85. The number of pyridine rings is 1. The van der Waals surface area contributed by atoms with E-state index in [-0.39, 0.29) is 12.4 Å². The summed E-state index contributed by atoms with van der Waals surface area (Å²) in [4.78, 5) is 3.93. The Balaban J connectivity index is 0.000000980. The van der Waals surface area contributed by atoms with Gasteiger partial charge in [0, 0.05) is 12.2 Å². The predicted octanol–water partition coefficient (Wildman–Crippen LogP) is 0.826. The lowest BCUT2D eigenvalue weighted by atomic mass is 10.1. The number of nitrogens with zero attached hydrogens (tertiary/aromatic N) is 1. The Kier molecular flexibility index (Phi) is 3.98. The van der Waals surface area contributed by atoms with Gasteiger partial charge in [-0.1, -0.05) is 0 Å². The van der Waals surface area contributed by atoms with Crippen molar-refractivity contribution in [1.82, 2.24) is 10.3 Å². The van der Waals surface area contributed by atoms with Crippen molar-refractivity contribution in [3.8, 4) is 5.75 Å². The maximum absolute atomic E-state index is 5.61. The smallest absolute Gasteiger partial charge is 0.166 e. The molecule has 0 bridgehead atoms. The Morgan fingerprint density at radius 1 is 1.64 bits per heavy atom. The number of nitrogens with one attached hydrogen (secondary N) is 1. The number of ether oxygens (including phenoxy) is 1. The van der Waals surface area contributed by atoms with E-state index in [0.717, 1.165) is 6.54 Å². The minimum Gasteiger partial charge on any atom is -0.488 e. The average Bonchev–Trinajstić information content (AvgIpc) is 2.05. The summed E-state index contributed by atoms with van der Waals surface area (Å²) >= 11 is 0. The minimum atomic E-state index is 0. The Bertz CT molecular complexity index is 291. The first kappa shape index (κ1) is 11.1. The first-order chi connectivity index (χ1) is 6.36. The van der Waals surface area contributed by atoms with Gasteiger partial charge < -0.3 is 15.8 Å². The van der Waals surface area contributed by atoms with E-state index in [9.17, 15) is 0 Å². The van der Waals surface area contributed by atoms with Crippen LogP contribution in [-0.4, -0.2) is 24.2 Å². The number of hydrogen-bond acceptors (Lipinski definition) is 4. The fraction of sp³-hybridized carbons (Fsp3) is 0.444. The van der Waals surface area contributed by atoms with Crippen molar-refractivity contribution in [3.63, 3.8) is 0 Å². The molecule has 3 N–H and O–H groups in total. The third-order valence-electron chi connectivity index (χ3n) is 2.17. The van der Waals surface area contributed by atoms with Crippen LogP contribution in [-0.2, 0) is 0 Å². The molecule has 1 fully saturated rings. The highest BCUT2D eigenvalue weighted by atomic mass is 35.5. The molecule has 2 rings (SSSR count). The summed E-state index contributed by atoms with van der Waals surface area (Å²) in [6.07, 6.45) is 2.84. The van der Waals surface area contributed by atoms with Gasteiger partial charge in [-0.2, -0.15) is 0 Å².